The first kappa shape index (κ1) is 11.7. The predicted octanol–water partition coefficient (Wildman–Crippen LogP) is 4.08. The van der Waals surface area contributed by atoms with Gasteiger partial charge in [-0.2, -0.15) is 0 Å². The Morgan fingerprint density at radius 1 is 1.33 bits per heavy atom. The quantitative estimate of drug-likeness (QED) is 0.846. The molecule has 2 nitrogen and oxygen atoms in total. The van der Waals surface area contributed by atoms with Crippen molar-refractivity contribution in [3.05, 3.63) is 58.1 Å². The Balaban J connectivity index is 1.87. The maximum absolute atomic E-state index is 13.1. The molecule has 1 heterocycles. The van der Waals surface area contributed by atoms with Crippen LogP contribution in [-0.4, -0.2) is 4.98 Å². The van der Waals surface area contributed by atoms with Crippen molar-refractivity contribution in [1.82, 2.24) is 4.98 Å². The van der Waals surface area contributed by atoms with Gasteiger partial charge in [0.05, 0.1) is 11.7 Å². The molecule has 1 unspecified atom stereocenters. The fraction of sp³-hybridized carbons (Fsp3) is 0.214. The van der Waals surface area contributed by atoms with Gasteiger partial charge in [0, 0.05) is 6.20 Å². The molecule has 18 heavy (non-hydrogen) atoms. The molecule has 1 aliphatic rings. The predicted molar refractivity (Wildman–Crippen MR) is 73.0 cm³/mol. The van der Waals surface area contributed by atoms with Crippen LogP contribution in [0.2, 0.25) is 0 Å². The summed E-state index contributed by atoms with van der Waals surface area (Å²) in [6.45, 7) is 0. The number of aromatic nitrogens is 1. The van der Waals surface area contributed by atoms with Crippen LogP contribution in [-0.2, 0) is 6.42 Å². The number of nitrogens with zero attached hydrogens (tertiary/aromatic N) is 1. The van der Waals surface area contributed by atoms with Crippen LogP contribution in [0.3, 0.4) is 0 Å². The summed E-state index contributed by atoms with van der Waals surface area (Å²) in [5.41, 5.74) is 3.26. The van der Waals surface area contributed by atoms with Crippen molar-refractivity contribution in [2.45, 2.75) is 18.9 Å². The molecule has 4 heteroatoms. The summed E-state index contributed by atoms with van der Waals surface area (Å²) in [5.74, 6) is -0.156. The number of pyridine rings is 1. The number of hydrogen-bond acceptors (Lipinski definition) is 2. The first-order valence-corrected chi connectivity index (χ1v) is 6.69. The van der Waals surface area contributed by atoms with Crippen LogP contribution in [0.1, 0.15) is 23.6 Å². The smallest absolute Gasteiger partial charge is 0.129 e. The minimum atomic E-state index is -0.156. The first-order chi connectivity index (χ1) is 8.74. The number of anilines is 1. The lowest BCUT2D eigenvalue weighted by Crippen LogP contribution is -2.07. The first-order valence-electron chi connectivity index (χ1n) is 5.89. The lowest BCUT2D eigenvalue weighted by molar-refractivity contribution is 0.626. The molecule has 0 saturated carbocycles. The molecule has 3 rings (SSSR count). The normalized spacial score (nSPS) is 17.6. The van der Waals surface area contributed by atoms with Crippen molar-refractivity contribution in [2.24, 2.45) is 0 Å². The van der Waals surface area contributed by atoms with Gasteiger partial charge in [0.2, 0.25) is 0 Å². The van der Waals surface area contributed by atoms with Crippen LogP contribution in [0, 0.1) is 5.82 Å². The Kier molecular flexibility index (Phi) is 3.04. The molecule has 0 bridgehead atoms. The number of halogens is 2. The molecule has 92 valence electrons. The Labute approximate surface area is 113 Å². The largest absolute Gasteiger partial charge is 0.376 e. The maximum atomic E-state index is 13.1. The third-order valence-electron chi connectivity index (χ3n) is 3.27. The summed E-state index contributed by atoms with van der Waals surface area (Å²) in [7, 11) is 0. The second kappa shape index (κ2) is 4.69. The van der Waals surface area contributed by atoms with Crippen LogP contribution < -0.4 is 5.32 Å². The average molecular weight is 307 g/mol. The van der Waals surface area contributed by atoms with Gasteiger partial charge >= 0.3 is 0 Å². The van der Waals surface area contributed by atoms with E-state index in [-0.39, 0.29) is 11.9 Å². The second-order valence-corrected chi connectivity index (χ2v) is 5.17. The molecule has 1 N–H and O–H groups in total. The Morgan fingerprint density at radius 2 is 2.22 bits per heavy atom. The molecule has 0 amide bonds. The zero-order valence-corrected chi connectivity index (χ0v) is 11.2. The van der Waals surface area contributed by atoms with Crippen LogP contribution in [0.5, 0.6) is 0 Å². The molecular weight excluding hydrogens is 295 g/mol. The molecule has 1 atom stereocenters. The van der Waals surface area contributed by atoms with Crippen molar-refractivity contribution >= 4 is 21.6 Å². The van der Waals surface area contributed by atoms with E-state index in [9.17, 15) is 4.39 Å². The summed E-state index contributed by atoms with van der Waals surface area (Å²) in [6, 6.07) is 9.15. The minimum absolute atomic E-state index is 0.156. The fourth-order valence-electron chi connectivity index (χ4n) is 2.42. The Morgan fingerprint density at radius 3 is 3.06 bits per heavy atom. The van der Waals surface area contributed by atoms with E-state index < -0.39 is 0 Å². The van der Waals surface area contributed by atoms with Gasteiger partial charge in [0.15, 0.2) is 0 Å². The highest BCUT2D eigenvalue weighted by Gasteiger charge is 2.23. The molecule has 2 aromatic rings. The molecule has 1 aromatic carbocycles. The van der Waals surface area contributed by atoms with E-state index >= 15 is 0 Å². The zero-order chi connectivity index (χ0) is 12.5. The van der Waals surface area contributed by atoms with Crippen molar-refractivity contribution in [3.63, 3.8) is 0 Å². The van der Waals surface area contributed by atoms with E-state index in [4.69, 9.17) is 0 Å². The molecule has 0 fully saturated rings. The summed E-state index contributed by atoms with van der Waals surface area (Å²) in [6.07, 6.45) is 3.65. The van der Waals surface area contributed by atoms with Gasteiger partial charge in [0.1, 0.15) is 10.4 Å². The van der Waals surface area contributed by atoms with Crippen LogP contribution >= 0.6 is 15.9 Å². The van der Waals surface area contributed by atoms with Gasteiger partial charge in [-0.1, -0.05) is 6.07 Å². The van der Waals surface area contributed by atoms with E-state index in [0.29, 0.717) is 0 Å². The molecular formula is C14H12BrFN2. The monoisotopic (exact) mass is 306 g/mol. The van der Waals surface area contributed by atoms with Gasteiger partial charge in [-0.25, -0.2) is 9.37 Å². The molecule has 0 spiro atoms. The molecule has 0 radical (unpaired) electrons. The number of fused-ring (bicyclic) bond motifs is 1. The molecule has 0 aliphatic heterocycles. The van der Waals surface area contributed by atoms with Gasteiger partial charge < -0.3 is 5.32 Å². The van der Waals surface area contributed by atoms with Crippen molar-refractivity contribution in [2.75, 3.05) is 5.32 Å². The molecule has 0 saturated heterocycles. The highest BCUT2D eigenvalue weighted by Crippen LogP contribution is 2.35. The molecule has 1 aromatic heterocycles. The SMILES string of the molecule is Fc1ccc2c(c1)CCC2Nc1cccnc1Br. The Bertz CT molecular complexity index is 586. The van der Waals surface area contributed by atoms with Crippen molar-refractivity contribution < 1.29 is 4.39 Å². The van der Waals surface area contributed by atoms with Gasteiger partial charge in [-0.3, -0.25) is 0 Å². The average Bonchev–Trinajstić information content (AvgIpc) is 2.74. The lowest BCUT2D eigenvalue weighted by atomic mass is 10.1. The number of hydrogen-bond donors (Lipinski definition) is 1. The minimum Gasteiger partial charge on any atom is -0.376 e. The lowest BCUT2D eigenvalue weighted by Gasteiger charge is -2.16. The van der Waals surface area contributed by atoms with Crippen LogP contribution in [0.15, 0.2) is 41.1 Å². The summed E-state index contributed by atoms with van der Waals surface area (Å²) < 4.78 is 13.9. The fourth-order valence-corrected chi connectivity index (χ4v) is 2.78. The van der Waals surface area contributed by atoms with Crippen LogP contribution in [0.25, 0.3) is 0 Å². The van der Waals surface area contributed by atoms with Gasteiger partial charge in [-0.15, -0.1) is 0 Å². The van der Waals surface area contributed by atoms with E-state index in [2.05, 4.69) is 26.2 Å². The highest BCUT2D eigenvalue weighted by molar-refractivity contribution is 9.10. The summed E-state index contributed by atoms with van der Waals surface area (Å²) in [5, 5.41) is 3.45. The van der Waals surface area contributed by atoms with Crippen LogP contribution in [0.4, 0.5) is 10.1 Å². The number of nitrogens with one attached hydrogen (secondary N) is 1. The standard InChI is InChI=1S/C14H12BrFN2/c15-14-13(2-1-7-17-14)18-12-6-3-9-8-10(16)4-5-11(9)12/h1-2,4-5,7-8,12,18H,3,6H2. The topological polar surface area (TPSA) is 24.9 Å². The van der Waals surface area contributed by atoms with Crippen molar-refractivity contribution in [3.8, 4) is 0 Å². The number of rotatable bonds is 2. The summed E-state index contributed by atoms with van der Waals surface area (Å²) in [4.78, 5) is 4.19. The van der Waals surface area contributed by atoms with E-state index in [1.54, 1.807) is 12.3 Å². The maximum Gasteiger partial charge on any atom is 0.129 e. The number of benzene rings is 1. The number of aryl methyl sites for hydroxylation is 1. The summed E-state index contributed by atoms with van der Waals surface area (Å²) >= 11 is 3.42. The second-order valence-electron chi connectivity index (χ2n) is 4.42. The molecule has 1 aliphatic carbocycles. The third kappa shape index (κ3) is 2.12. The Hall–Kier alpha value is -1.42. The van der Waals surface area contributed by atoms with Gasteiger partial charge in [0.25, 0.3) is 0 Å². The zero-order valence-electron chi connectivity index (χ0n) is 9.66. The van der Waals surface area contributed by atoms with Crippen molar-refractivity contribution in [1.29, 1.82) is 0 Å². The van der Waals surface area contributed by atoms with E-state index in [0.717, 1.165) is 28.7 Å². The van der Waals surface area contributed by atoms with Gasteiger partial charge in [-0.05, 0) is 64.2 Å². The third-order valence-corrected chi connectivity index (χ3v) is 3.90. The highest BCUT2D eigenvalue weighted by atomic mass is 79.9. The van der Waals surface area contributed by atoms with E-state index in [1.807, 2.05) is 18.2 Å². The van der Waals surface area contributed by atoms with E-state index in [1.165, 1.54) is 11.6 Å².